The second-order valence-corrected chi connectivity index (χ2v) is 10.1. The Morgan fingerprint density at radius 3 is 2.20 bits per heavy atom. The Hall–Kier alpha value is -4.77. The summed E-state index contributed by atoms with van der Waals surface area (Å²) in [6.45, 7) is 3.68. The third-order valence-electron chi connectivity index (χ3n) is 6.56. The molecule has 11 heteroatoms. The van der Waals surface area contributed by atoms with E-state index in [0.717, 1.165) is 5.69 Å². The molecule has 41 heavy (non-hydrogen) atoms. The number of hydrogen-bond donors (Lipinski definition) is 1. The summed E-state index contributed by atoms with van der Waals surface area (Å²) in [5, 5.41) is 12.1. The number of benzene rings is 3. The number of hydrogen-bond acceptors (Lipinski definition) is 7. The first-order chi connectivity index (χ1) is 19.9. The van der Waals surface area contributed by atoms with Crippen LogP contribution in [0.4, 0.5) is 5.69 Å². The van der Waals surface area contributed by atoms with E-state index < -0.39 is 6.10 Å². The number of carbonyl (C=O) groups is 1. The van der Waals surface area contributed by atoms with Crippen molar-refractivity contribution in [2.45, 2.75) is 25.1 Å². The van der Waals surface area contributed by atoms with E-state index in [9.17, 15) is 9.59 Å². The van der Waals surface area contributed by atoms with Crippen molar-refractivity contribution in [2.24, 2.45) is 7.05 Å². The molecule has 3 aromatic carbocycles. The number of nitrogens with one attached hydrogen (secondary N) is 1. The molecule has 0 saturated heterocycles. The van der Waals surface area contributed by atoms with E-state index in [-0.39, 0.29) is 22.9 Å². The molecule has 1 amide bonds. The summed E-state index contributed by atoms with van der Waals surface area (Å²) in [6.07, 6.45) is -0.481. The third kappa shape index (κ3) is 5.75. The molecule has 5 aromatic rings. The highest BCUT2D eigenvalue weighted by Crippen LogP contribution is 2.32. The van der Waals surface area contributed by atoms with E-state index in [1.165, 1.54) is 16.4 Å². The van der Waals surface area contributed by atoms with Gasteiger partial charge in [0.05, 0.1) is 24.2 Å². The lowest BCUT2D eigenvalue weighted by Crippen LogP contribution is -2.23. The lowest BCUT2D eigenvalue weighted by Gasteiger charge is -2.18. The Kier molecular flexibility index (Phi) is 8.25. The summed E-state index contributed by atoms with van der Waals surface area (Å²) in [4.78, 5) is 26.3. The van der Waals surface area contributed by atoms with E-state index in [1.54, 1.807) is 25.8 Å². The van der Waals surface area contributed by atoms with Gasteiger partial charge in [0.15, 0.2) is 28.6 Å². The Labute approximate surface area is 241 Å². The topological polar surface area (TPSA) is 105 Å². The number of thioether (sulfide) groups is 1. The second-order valence-electron chi connectivity index (χ2n) is 9.20. The van der Waals surface area contributed by atoms with Crippen LogP contribution in [0.5, 0.6) is 11.5 Å². The summed E-state index contributed by atoms with van der Waals surface area (Å²) in [7, 11) is 3.37. The Morgan fingerprint density at radius 1 is 0.927 bits per heavy atom. The number of aromatic nitrogens is 5. The molecule has 0 aliphatic carbocycles. The molecular weight excluding hydrogens is 540 g/mol. The van der Waals surface area contributed by atoms with Gasteiger partial charge < -0.3 is 14.8 Å². The summed E-state index contributed by atoms with van der Waals surface area (Å²) in [6, 6.07) is 26.3. The number of rotatable bonds is 10. The van der Waals surface area contributed by atoms with E-state index in [2.05, 4.69) is 15.5 Å². The lowest BCUT2D eigenvalue weighted by molar-refractivity contribution is -0.113. The maximum Gasteiger partial charge on any atom is 0.295 e. The predicted octanol–water partition coefficient (Wildman–Crippen LogP) is 4.94. The minimum absolute atomic E-state index is 0.0197. The van der Waals surface area contributed by atoms with Crippen LogP contribution >= 0.6 is 11.8 Å². The van der Waals surface area contributed by atoms with Gasteiger partial charge in [-0.25, -0.2) is 4.68 Å². The van der Waals surface area contributed by atoms with Crippen LogP contribution in [-0.4, -0.2) is 42.9 Å². The normalized spacial score (nSPS) is 11.7. The van der Waals surface area contributed by atoms with Gasteiger partial charge in [0, 0.05) is 12.7 Å². The molecule has 1 N–H and O–H groups in total. The molecule has 210 valence electrons. The fourth-order valence-corrected chi connectivity index (χ4v) is 5.19. The van der Waals surface area contributed by atoms with Crippen molar-refractivity contribution in [2.75, 3.05) is 18.2 Å². The lowest BCUT2D eigenvalue weighted by atomic mass is 10.3. The van der Waals surface area contributed by atoms with Crippen molar-refractivity contribution >= 4 is 23.4 Å². The SMILES string of the molecule is COc1ccccc1O[C@@H](C)c1nnc(SCC(=O)Nc2c(C)n(C)n(-c3ccccc3)c2=O)n1-c1ccccc1. The van der Waals surface area contributed by atoms with Crippen molar-refractivity contribution < 1.29 is 14.3 Å². The van der Waals surface area contributed by atoms with Gasteiger partial charge in [-0.1, -0.05) is 60.3 Å². The van der Waals surface area contributed by atoms with E-state index in [1.807, 2.05) is 96.4 Å². The number of anilines is 1. The largest absolute Gasteiger partial charge is 0.493 e. The standard InChI is InChI=1S/C30H30N6O4S/c1-20-27(29(38)36(34(20)3)23-15-9-6-10-16-23)31-26(37)19-41-30-33-32-28(35(30)22-13-7-5-8-14-22)21(2)40-25-18-12-11-17-24(25)39-4/h5-18,21H,19H2,1-4H3,(H,31,37)/t21-/m0/s1. The number of carbonyl (C=O) groups excluding carboxylic acids is 1. The smallest absolute Gasteiger partial charge is 0.295 e. The molecule has 0 fully saturated rings. The highest BCUT2D eigenvalue weighted by atomic mass is 32.2. The van der Waals surface area contributed by atoms with Gasteiger partial charge in [-0.3, -0.25) is 18.8 Å². The van der Waals surface area contributed by atoms with Crippen molar-refractivity contribution in [1.29, 1.82) is 0 Å². The van der Waals surface area contributed by atoms with Crippen LogP contribution < -0.4 is 20.3 Å². The number of amides is 1. The van der Waals surface area contributed by atoms with Crippen molar-refractivity contribution in [3.8, 4) is 22.9 Å². The second kappa shape index (κ2) is 12.2. The van der Waals surface area contributed by atoms with E-state index in [4.69, 9.17) is 9.47 Å². The molecule has 2 aromatic heterocycles. The molecule has 0 bridgehead atoms. The first kappa shape index (κ1) is 27.8. The van der Waals surface area contributed by atoms with Crippen LogP contribution in [-0.2, 0) is 11.8 Å². The average Bonchev–Trinajstić information content (AvgIpc) is 3.52. The van der Waals surface area contributed by atoms with Crippen LogP contribution in [0.2, 0.25) is 0 Å². The fourth-order valence-electron chi connectivity index (χ4n) is 4.43. The maximum absolute atomic E-state index is 13.2. The van der Waals surface area contributed by atoms with Gasteiger partial charge in [-0.05, 0) is 50.2 Å². The first-order valence-corrected chi connectivity index (χ1v) is 13.9. The van der Waals surface area contributed by atoms with E-state index in [0.29, 0.717) is 33.9 Å². The number of methoxy groups -OCH3 is 1. The Morgan fingerprint density at radius 2 is 1.54 bits per heavy atom. The van der Waals surface area contributed by atoms with Crippen LogP contribution in [0.25, 0.3) is 11.4 Å². The number of ether oxygens (including phenoxy) is 2. The molecule has 1 atom stereocenters. The minimum Gasteiger partial charge on any atom is -0.493 e. The van der Waals surface area contributed by atoms with E-state index >= 15 is 0 Å². The Balaban J connectivity index is 1.37. The summed E-state index contributed by atoms with van der Waals surface area (Å²) >= 11 is 1.22. The van der Waals surface area contributed by atoms with Crippen LogP contribution in [0, 0.1) is 6.92 Å². The molecule has 10 nitrogen and oxygen atoms in total. The Bertz CT molecular complexity index is 1710. The molecule has 0 saturated carbocycles. The molecule has 0 radical (unpaired) electrons. The summed E-state index contributed by atoms with van der Waals surface area (Å²) in [5.74, 6) is 1.45. The quantitative estimate of drug-likeness (QED) is 0.237. The first-order valence-electron chi connectivity index (χ1n) is 13.0. The van der Waals surface area contributed by atoms with Gasteiger partial charge in [0.2, 0.25) is 5.91 Å². The van der Waals surface area contributed by atoms with Crippen LogP contribution in [0.15, 0.2) is 94.9 Å². The summed E-state index contributed by atoms with van der Waals surface area (Å²) < 4.78 is 16.7. The molecule has 2 heterocycles. The van der Waals surface area contributed by atoms with Gasteiger partial charge in [-0.2, -0.15) is 0 Å². The molecular formula is C30H30N6O4S. The maximum atomic E-state index is 13.2. The summed E-state index contributed by atoms with van der Waals surface area (Å²) in [5.41, 5.74) is 2.13. The van der Waals surface area contributed by atoms with Gasteiger partial charge >= 0.3 is 0 Å². The average molecular weight is 571 g/mol. The third-order valence-corrected chi connectivity index (χ3v) is 7.49. The highest BCUT2D eigenvalue weighted by molar-refractivity contribution is 7.99. The fraction of sp³-hybridized carbons (Fsp3) is 0.200. The van der Waals surface area contributed by atoms with Crippen molar-refractivity contribution in [1.82, 2.24) is 24.1 Å². The van der Waals surface area contributed by atoms with Crippen molar-refractivity contribution in [3.63, 3.8) is 0 Å². The monoisotopic (exact) mass is 570 g/mol. The number of nitrogens with zero attached hydrogens (tertiary/aromatic N) is 5. The predicted molar refractivity (Wildman–Crippen MR) is 158 cm³/mol. The van der Waals surface area contributed by atoms with Crippen LogP contribution in [0.1, 0.15) is 24.5 Å². The van der Waals surface area contributed by atoms with Gasteiger partial charge in [-0.15, -0.1) is 10.2 Å². The zero-order valence-corrected chi connectivity index (χ0v) is 24.0. The zero-order chi connectivity index (χ0) is 28.9. The molecule has 0 aliphatic heterocycles. The molecule has 5 rings (SSSR count). The molecule has 0 spiro atoms. The number of para-hydroxylation sites is 4. The molecule has 0 aliphatic rings. The highest BCUT2D eigenvalue weighted by Gasteiger charge is 2.23. The minimum atomic E-state index is -0.481. The molecule has 0 unspecified atom stereocenters. The zero-order valence-electron chi connectivity index (χ0n) is 23.1. The van der Waals surface area contributed by atoms with Crippen molar-refractivity contribution in [3.05, 3.63) is 107 Å². The van der Waals surface area contributed by atoms with Gasteiger partial charge in [0.25, 0.3) is 5.56 Å². The van der Waals surface area contributed by atoms with Gasteiger partial charge in [0.1, 0.15) is 5.69 Å². The van der Waals surface area contributed by atoms with Crippen LogP contribution in [0.3, 0.4) is 0 Å².